The average molecular weight is 217 g/mol. The van der Waals surface area contributed by atoms with E-state index in [1.54, 1.807) is 0 Å². The third kappa shape index (κ3) is 1.97. The van der Waals surface area contributed by atoms with Crippen LogP contribution in [0.25, 0.3) is 0 Å². The van der Waals surface area contributed by atoms with Gasteiger partial charge in [0, 0.05) is 18.2 Å². The normalized spacial score (nSPS) is 16.8. The molecule has 2 rings (SSSR count). The number of rotatable bonds is 2. The first-order valence-electron chi connectivity index (χ1n) is 6.13. The Hall–Kier alpha value is -1.31. The number of carbonyl (C=O) groups excluding carboxylic acids is 1. The number of hydrogen-bond acceptors (Lipinski definition) is 1. The number of hydrogen-bond donors (Lipinski definition) is 0. The molecule has 1 aromatic carbocycles. The van der Waals surface area contributed by atoms with Gasteiger partial charge in [-0.15, -0.1) is 0 Å². The van der Waals surface area contributed by atoms with Gasteiger partial charge in [0.2, 0.25) is 5.91 Å². The fourth-order valence-electron chi connectivity index (χ4n) is 2.20. The summed E-state index contributed by atoms with van der Waals surface area (Å²) in [5.41, 5.74) is 2.43. The van der Waals surface area contributed by atoms with Crippen LogP contribution < -0.4 is 4.90 Å². The highest BCUT2D eigenvalue weighted by Crippen LogP contribution is 2.28. The highest BCUT2D eigenvalue weighted by molar-refractivity contribution is 5.95. The van der Waals surface area contributed by atoms with E-state index in [2.05, 4.69) is 25.1 Å². The average Bonchev–Trinajstić information content (AvgIpc) is 2.36. The van der Waals surface area contributed by atoms with Crippen LogP contribution in [0.15, 0.2) is 24.3 Å². The minimum Gasteiger partial charge on any atom is -0.312 e. The fraction of sp³-hybridized carbons (Fsp3) is 0.500. The van der Waals surface area contributed by atoms with Crippen LogP contribution in [0.2, 0.25) is 0 Å². The highest BCUT2D eigenvalue weighted by Gasteiger charge is 2.24. The first kappa shape index (κ1) is 11.2. The largest absolute Gasteiger partial charge is 0.312 e. The SMILES string of the molecule is CCC(C)C(=O)N1CCCc2ccccc21. The van der Waals surface area contributed by atoms with Crippen molar-refractivity contribution in [1.82, 2.24) is 0 Å². The molecule has 0 fully saturated rings. The monoisotopic (exact) mass is 217 g/mol. The molecular formula is C14H19NO. The van der Waals surface area contributed by atoms with Crippen molar-refractivity contribution >= 4 is 11.6 Å². The zero-order valence-electron chi connectivity index (χ0n) is 10.1. The summed E-state index contributed by atoms with van der Waals surface area (Å²) in [6.07, 6.45) is 3.09. The molecule has 0 aromatic heterocycles. The number of nitrogens with zero attached hydrogens (tertiary/aromatic N) is 1. The molecule has 1 aromatic rings. The number of amides is 1. The lowest BCUT2D eigenvalue weighted by molar-refractivity contribution is -0.122. The molecule has 16 heavy (non-hydrogen) atoms. The van der Waals surface area contributed by atoms with Gasteiger partial charge in [-0.25, -0.2) is 0 Å². The van der Waals surface area contributed by atoms with E-state index in [-0.39, 0.29) is 11.8 Å². The van der Waals surface area contributed by atoms with Crippen molar-refractivity contribution in [2.24, 2.45) is 5.92 Å². The summed E-state index contributed by atoms with van der Waals surface area (Å²) in [6.45, 7) is 4.96. The molecule has 0 radical (unpaired) electrons. The van der Waals surface area contributed by atoms with Crippen LogP contribution in [0.4, 0.5) is 5.69 Å². The molecule has 1 aliphatic heterocycles. The van der Waals surface area contributed by atoms with E-state index in [1.807, 2.05) is 17.9 Å². The highest BCUT2D eigenvalue weighted by atomic mass is 16.2. The Morgan fingerprint density at radius 1 is 1.44 bits per heavy atom. The zero-order valence-corrected chi connectivity index (χ0v) is 10.1. The van der Waals surface area contributed by atoms with Gasteiger partial charge in [0.15, 0.2) is 0 Å². The van der Waals surface area contributed by atoms with Crippen LogP contribution in [0.1, 0.15) is 32.3 Å². The number of carbonyl (C=O) groups is 1. The Balaban J connectivity index is 2.28. The molecule has 1 heterocycles. The van der Waals surface area contributed by atoms with Crippen molar-refractivity contribution in [3.63, 3.8) is 0 Å². The topological polar surface area (TPSA) is 20.3 Å². The molecule has 0 saturated carbocycles. The van der Waals surface area contributed by atoms with Gasteiger partial charge in [-0.3, -0.25) is 4.79 Å². The summed E-state index contributed by atoms with van der Waals surface area (Å²) in [4.78, 5) is 14.2. The molecule has 2 nitrogen and oxygen atoms in total. The van der Waals surface area contributed by atoms with Gasteiger partial charge < -0.3 is 4.90 Å². The van der Waals surface area contributed by atoms with Crippen molar-refractivity contribution in [1.29, 1.82) is 0 Å². The summed E-state index contributed by atoms with van der Waals surface area (Å²) < 4.78 is 0. The molecule has 2 heteroatoms. The van der Waals surface area contributed by atoms with Gasteiger partial charge in [-0.2, -0.15) is 0 Å². The van der Waals surface area contributed by atoms with Crippen molar-refractivity contribution in [3.05, 3.63) is 29.8 Å². The van der Waals surface area contributed by atoms with E-state index in [0.717, 1.165) is 31.5 Å². The molecule has 1 atom stereocenters. The lowest BCUT2D eigenvalue weighted by Gasteiger charge is -2.31. The Kier molecular flexibility index (Phi) is 3.28. The fourth-order valence-corrected chi connectivity index (χ4v) is 2.20. The summed E-state index contributed by atoms with van der Waals surface area (Å²) >= 11 is 0. The van der Waals surface area contributed by atoms with E-state index in [9.17, 15) is 4.79 Å². The van der Waals surface area contributed by atoms with Gasteiger partial charge in [0.25, 0.3) is 0 Å². The maximum atomic E-state index is 12.2. The maximum Gasteiger partial charge on any atom is 0.229 e. The quantitative estimate of drug-likeness (QED) is 0.745. The van der Waals surface area contributed by atoms with Gasteiger partial charge >= 0.3 is 0 Å². The van der Waals surface area contributed by atoms with Crippen LogP contribution in [0.3, 0.4) is 0 Å². The summed E-state index contributed by atoms with van der Waals surface area (Å²) in [5, 5.41) is 0. The lowest BCUT2D eigenvalue weighted by atomic mass is 9.99. The molecule has 1 unspecified atom stereocenters. The van der Waals surface area contributed by atoms with Gasteiger partial charge in [-0.1, -0.05) is 32.0 Å². The zero-order chi connectivity index (χ0) is 11.5. The summed E-state index contributed by atoms with van der Waals surface area (Å²) in [6, 6.07) is 8.26. The standard InChI is InChI=1S/C14H19NO/c1-3-11(2)14(16)15-10-6-8-12-7-4-5-9-13(12)15/h4-5,7,9,11H,3,6,8,10H2,1-2H3. The second kappa shape index (κ2) is 4.69. The summed E-state index contributed by atoms with van der Waals surface area (Å²) in [7, 11) is 0. The molecule has 0 N–H and O–H groups in total. The molecule has 0 aliphatic carbocycles. The Morgan fingerprint density at radius 2 is 2.19 bits per heavy atom. The Morgan fingerprint density at radius 3 is 2.94 bits per heavy atom. The molecule has 0 bridgehead atoms. The molecule has 1 amide bonds. The van der Waals surface area contributed by atoms with E-state index < -0.39 is 0 Å². The van der Waals surface area contributed by atoms with E-state index >= 15 is 0 Å². The van der Waals surface area contributed by atoms with Gasteiger partial charge in [-0.05, 0) is 30.9 Å². The van der Waals surface area contributed by atoms with Crippen LogP contribution in [0.5, 0.6) is 0 Å². The minimum atomic E-state index is 0.131. The van der Waals surface area contributed by atoms with Crippen molar-refractivity contribution in [2.45, 2.75) is 33.1 Å². The third-order valence-electron chi connectivity index (χ3n) is 3.41. The number of fused-ring (bicyclic) bond motifs is 1. The minimum absolute atomic E-state index is 0.131. The predicted molar refractivity (Wildman–Crippen MR) is 66.6 cm³/mol. The number of aryl methyl sites for hydroxylation is 1. The lowest BCUT2D eigenvalue weighted by Crippen LogP contribution is -2.38. The Labute approximate surface area is 97.3 Å². The number of anilines is 1. The first-order chi connectivity index (χ1) is 7.74. The second-order valence-corrected chi connectivity index (χ2v) is 4.53. The van der Waals surface area contributed by atoms with Crippen LogP contribution in [-0.2, 0) is 11.2 Å². The third-order valence-corrected chi connectivity index (χ3v) is 3.41. The van der Waals surface area contributed by atoms with Gasteiger partial charge in [0.1, 0.15) is 0 Å². The second-order valence-electron chi connectivity index (χ2n) is 4.53. The first-order valence-corrected chi connectivity index (χ1v) is 6.13. The summed E-state index contributed by atoms with van der Waals surface area (Å²) in [5.74, 6) is 0.404. The molecular weight excluding hydrogens is 198 g/mol. The van der Waals surface area contributed by atoms with E-state index in [1.165, 1.54) is 5.56 Å². The number of benzene rings is 1. The van der Waals surface area contributed by atoms with Crippen LogP contribution >= 0.6 is 0 Å². The maximum absolute atomic E-state index is 12.2. The van der Waals surface area contributed by atoms with Crippen LogP contribution in [0, 0.1) is 5.92 Å². The number of para-hydroxylation sites is 1. The van der Waals surface area contributed by atoms with Gasteiger partial charge in [0.05, 0.1) is 0 Å². The predicted octanol–water partition coefficient (Wildman–Crippen LogP) is 3.01. The Bertz CT molecular complexity index is 386. The van der Waals surface area contributed by atoms with Crippen molar-refractivity contribution < 1.29 is 4.79 Å². The smallest absolute Gasteiger partial charge is 0.229 e. The molecule has 1 aliphatic rings. The molecule has 0 spiro atoms. The van der Waals surface area contributed by atoms with Crippen LogP contribution in [-0.4, -0.2) is 12.5 Å². The van der Waals surface area contributed by atoms with Crippen molar-refractivity contribution in [2.75, 3.05) is 11.4 Å². The molecule has 0 saturated heterocycles. The van der Waals surface area contributed by atoms with Crippen molar-refractivity contribution in [3.8, 4) is 0 Å². The molecule has 86 valence electrons. The van der Waals surface area contributed by atoms with E-state index in [4.69, 9.17) is 0 Å². The van der Waals surface area contributed by atoms with E-state index in [0.29, 0.717) is 0 Å².